The highest BCUT2D eigenvalue weighted by Crippen LogP contribution is 2.43. The Morgan fingerprint density at radius 3 is 2.71 bits per heavy atom. The summed E-state index contributed by atoms with van der Waals surface area (Å²) in [4.78, 5) is 0. The van der Waals surface area contributed by atoms with E-state index >= 15 is 0 Å². The fourth-order valence-corrected chi connectivity index (χ4v) is 3.60. The molecule has 0 unspecified atom stereocenters. The van der Waals surface area contributed by atoms with Crippen LogP contribution in [0.5, 0.6) is 5.75 Å². The van der Waals surface area contributed by atoms with Crippen molar-refractivity contribution in [1.82, 2.24) is 0 Å². The summed E-state index contributed by atoms with van der Waals surface area (Å²) in [7, 11) is 0. The number of hydrogen-bond acceptors (Lipinski definition) is 3. The maximum atomic E-state index is 6.15. The van der Waals surface area contributed by atoms with Crippen molar-refractivity contribution in [2.24, 2.45) is 0 Å². The van der Waals surface area contributed by atoms with Gasteiger partial charge in [0.05, 0.1) is 0 Å². The third-order valence-corrected chi connectivity index (χ3v) is 4.91. The van der Waals surface area contributed by atoms with Gasteiger partial charge in [-0.3, -0.25) is 0 Å². The lowest BCUT2D eigenvalue weighted by molar-refractivity contribution is 0.310. The first-order valence-electron chi connectivity index (χ1n) is 8.09. The quantitative estimate of drug-likeness (QED) is 0.533. The summed E-state index contributed by atoms with van der Waals surface area (Å²) in [5, 5.41) is 5.66. The number of nitrogen functional groups attached to an aromatic ring is 1. The monoisotopic (exact) mass is 338 g/mol. The Bertz CT molecular complexity index is 880. The molecule has 3 nitrogen and oxygen atoms in total. The lowest BCUT2D eigenvalue weighted by Crippen LogP contribution is -2.03. The molecule has 0 spiro atoms. The molecule has 0 saturated heterocycles. The lowest BCUT2D eigenvalue weighted by atomic mass is 9.95. The third kappa shape index (κ3) is 2.65. The van der Waals surface area contributed by atoms with Gasteiger partial charge in [-0.2, -0.15) is 0 Å². The topological polar surface area (TPSA) is 47.3 Å². The van der Waals surface area contributed by atoms with E-state index < -0.39 is 0 Å². The highest BCUT2D eigenvalue weighted by molar-refractivity contribution is 6.18. The Kier molecular flexibility index (Phi) is 3.95. The molecule has 1 aliphatic heterocycles. The number of ether oxygens (including phenoxy) is 1. The van der Waals surface area contributed by atoms with Gasteiger partial charge in [-0.1, -0.05) is 30.3 Å². The van der Waals surface area contributed by atoms with Crippen LogP contribution in [-0.2, 0) is 6.61 Å². The number of nitrogens with one attached hydrogen (secondary N) is 1. The molecule has 1 heterocycles. The van der Waals surface area contributed by atoms with Crippen LogP contribution < -0.4 is 15.8 Å². The molecule has 4 rings (SSSR count). The molecule has 3 aromatic rings. The first-order chi connectivity index (χ1) is 11.8. The zero-order chi connectivity index (χ0) is 16.5. The summed E-state index contributed by atoms with van der Waals surface area (Å²) in [6, 6.07) is 18.2. The Labute approximate surface area is 146 Å². The molecule has 0 fully saturated rings. The van der Waals surface area contributed by atoms with Gasteiger partial charge in [0.25, 0.3) is 0 Å². The zero-order valence-electron chi connectivity index (χ0n) is 13.3. The molecule has 1 aliphatic rings. The van der Waals surface area contributed by atoms with Gasteiger partial charge in [0.2, 0.25) is 0 Å². The standard InChI is InChI=1S/C20H19ClN2O/c21-10-14-11-23-18-9-19(24-12-13-4-2-1-3-5-13)16-7-6-15(22)8-17(16)20(14)18/h1-9,14,23H,10-12,22H2/t14-/m0/s1. The van der Waals surface area contributed by atoms with Gasteiger partial charge in [-0.15, -0.1) is 11.6 Å². The maximum Gasteiger partial charge on any atom is 0.129 e. The highest BCUT2D eigenvalue weighted by atomic mass is 35.5. The molecule has 0 bridgehead atoms. The second kappa shape index (κ2) is 6.25. The Balaban J connectivity index is 1.78. The van der Waals surface area contributed by atoms with Crippen LogP contribution in [0.1, 0.15) is 17.0 Å². The summed E-state index contributed by atoms with van der Waals surface area (Å²) in [5.41, 5.74) is 10.3. The van der Waals surface area contributed by atoms with E-state index in [-0.39, 0.29) is 0 Å². The van der Waals surface area contributed by atoms with E-state index in [0.717, 1.165) is 40.0 Å². The van der Waals surface area contributed by atoms with Crippen molar-refractivity contribution in [2.45, 2.75) is 12.5 Å². The van der Waals surface area contributed by atoms with Crippen LogP contribution in [0, 0.1) is 0 Å². The summed E-state index contributed by atoms with van der Waals surface area (Å²) in [5.74, 6) is 1.76. The second-order valence-electron chi connectivity index (χ2n) is 6.15. The number of fused-ring (bicyclic) bond motifs is 3. The van der Waals surface area contributed by atoms with Crippen molar-refractivity contribution < 1.29 is 4.74 Å². The minimum Gasteiger partial charge on any atom is -0.488 e. The number of rotatable bonds is 4. The number of hydrogen-bond donors (Lipinski definition) is 2. The van der Waals surface area contributed by atoms with Crippen molar-refractivity contribution in [2.75, 3.05) is 23.5 Å². The van der Waals surface area contributed by atoms with Crippen LogP contribution >= 0.6 is 11.6 Å². The molecule has 0 saturated carbocycles. The first-order valence-corrected chi connectivity index (χ1v) is 8.62. The molecule has 3 N–H and O–H groups in total. The molecule has 0 radical (unpaired) electrons. The van der Waals surface area contributed by atoms with Gasteiger partial charge in [-0.05, 0) is 34.7 Å². The molecule has 1 atom stereocenters. The van der Waals surface area contributed by atoms with Gasteiger partial charge >= 0.3 is 0 Å². The van der Waals surface area contributed by atoms with Crippen LogP contribution in [0.15, 0.2) is 54.6 Å². The van der Waals surface area contributed by atoms with E-state index in [1.54, 1.807) is 0 Å². The SMILES string of the molecule is Nc1ccc2c(OCc3ccccc3)cc3c(c2c1)[C@@H](CCl)CN3. The molecule has 0 aromatic heterocycles. The van der Waals surface area contributed by atoms with Gasteiger partial charge in [0.15, 0.2) is 0 Å². The zero-order valence-corrected chi connectivity index (χ0v) is 14.0. The average molecular weight is 339 g/mol. The minimum atomic E-state index is 0.300. The molecule has 4 heteroatoms. The molecule has 0 aliphatic carbocycles. The van der Waals surface area contributed by atoms with Crippen molar-refractivity contribution >= 4 is 33.7 Å². The summed E-state index contributed by atoms with van der Waals surface area (Å²) < 4.78 is 6.13. The van der Waals surface area contributed by atoms with Gasteiger partial charge in [0.1, 0.15) is 12.4 Å². The summed E-state index contributed by atoms with van der Waals surface area (Å²) in [6.07, 6.45) is 0. The van der Waals surface area contributed by atoms with Crippen LogP contribution in [0.2, 0.25) is 0 Å². The van der Waals surface area contributed by atoms with Crippen molar-refractivity contribution in [3.8, 4) is 5.75 Å². The average Bonchev–Trinajstić information content (AvgIpc) is 3.03. The predicted octanol–water partition coefficient (Wildman–Crippen LogP) is 4.75. The first kappa shape index (κ1) is 15.2. The smallest absolute Gasteiger partial charge is 0.129 e. The van der Waals surface area contributed by atoms with E-state index in [9.17, 15) is 0 Å². The van der Waals surface area contributed by atoms with Crippen molar-refractivity contribution in [3.63, 3.8) is 0 Å². The number of nitrogens with two attached hydrogens (primary N) is 1. The molecule has 122 valence electrons. The largest absolute Gasteiger partial charge is 0.488 e. The van der Waals surface area contributed by atoms with E-state index in [1.807, 2.05) is 36.4 Å². The van der Waals surface area contributed by atoms with E-state index in [2.05, 4.69) is 23.5 Å². The van der Waals surface area contributed by atoms with Gasteiger partial charge in [-0.25, -0.2) is 0 Å². The Morgan fingerprint density at radius 1 is 1.08 bits per heavy atom. The number of halogens is 1. The Hall–Kier alpha value is -2.39. The van der Waals surface area contributed by atoms with Crippen molar-refractivity contribution in [3.05, 3.63) is 65.7 Å². The lowest BCUT2D eigenvalue weighted by Gasteiger charge is -2.15. The number of alkyl halides is 1. The minimum absolute atomic E-state index is 0.300. The summed E-state index contributed by atoms with van der Waals surface area (Å²) >= 11 is 6.15. The molecule has 0 amide bonds. The van der Waals surface area contributed by atoms with Gasteiger partial charge < -0.3 is 15.8 Å². The van der Waals surface area contributed by atoms with Crippen LogP contribution in [0.3, 0.4) is 0 Å². The fraction of sp³-hybridized carbons (Fsp3) is 0.200. The second-order valence-corrected chi connectivity index (χ2v) is 6.46. The predicted molar refractivity (Wildman–Crippen MR) is 101 cm³/mol. The van der Waals surface area contributed by atoms with E-state index in [4.69, 9.17) is 22.1 Å². The number of benzene rings is 3. The third-order valence-electron chi connectivity index (χ3n) is 4.54. The van der Waals surface area contributed by atoms with Crippen LogP contribution in [-0.4, -0.2) is 12.4 Å². The Morgan fingerprint density at radius 2 is 1.92 bits per heavy atom. The molecular weight excluding hydrogens is 320 g/mol. The van der Waals surface area contributed by atoms with E-state index in [0.29, 0.717) is 18.4 Å². The fourth-order valence-electron chi connectivity index (χ4n) is 3.34. The normalized spacial score (nSPS) is 16.0. The highest BCUT2D eigenvalue weighted by Gasteiger charge is 2.25. The van der Waals surface area contributed by atoms with Crippen LogP contribution in [0.4, 0.5) is 11.4 Å². The molecule has 24 heavy (non-hydrogen) atoms. The van der Waals surface area contributed by atoms with E-state index in [1.165, 1.54) is 5.56 Å². The van der Waals surface area contributed by atoms with Gasteiger partial charge in [0, 0.05) is 41.2 Å². The molecular formula is C20H19ClN2O. The summed E-state index contributed by atoms with van der Waals surface area (Å²) in [6.45, 7) is 1.39. The molecule has 3 aromatic carbocycles. The number of anilines is 2. The van der Waals surface area contributed by atoms with Crippen molar-refractivity contribution in [1.29, 1.82) is 0 Å². The van der Waals surface area contributed by atoms with Crippen LogP contribution in [0.25, 0.3) is 10.8 Å². The maximum absolute atomic E-state index is 6.15.